The van der Waals surface area contributed by atoms with E-state index in [1.807, 2.05) is 12.1 Å². The van der Waals surface area contributed by atoms with Crippen molar-refractivity contribution in [2.75, 3.05) is 32.1 Å². The molecule has 8 heteroatoms. The average Bonchev–Trinajstić information content (AvgIpc) is 3.42. The second-order valence-corrected chi connectivity index (χ2v) is 9.33. The van der Waals surface area contributed by atoms with Crippen LogP contribution in [0.2, 0.25) is 0 Å². The van der Waals surface area contributed by atoms with E-state index in [1.165, 1.54) is 23.4 Å². The molecule has 1 aliphatic rings. The first-order valence-corrected chi connectivity index (χ1v) is 12.3. The maximum absolute atomic E-state index is 13.1. The molecule has 1 aromatic heterocycles. The minimum atomic E-state index is -0.545. The largest absolute Gasteiger partial charge is 0.462 e. The number of hydrogen-bond acceptors (Lipinski definition) is 6. The van der Waals surface area contributed by atoms with E-state index in [4.69, 9.17) is 4.74 Å². The topological polar surface area (TPSA) is 87.7 Å². The molecular weight excluding hydrogens is 450 g/mol. The number of hydrogen-bond donors (Lipinski definition) is 2. The molecule has 1 atom stereocenters. The minimum absolute atomic E-state index is 0.146. The molecule has 2 N–H and O–H groups in total. The highest BCUT2D eigenvalue weighted by atomic mass is 32.1. The van der Waals surface area contributed by atoms with Gasteiger partial charge in [0.15, 0.2) is 0 Å². The fourth-order valence-corrected chi connectivity index (χ4v) is 5.80. The molecule has 1 aliphatic heterocycles. The van der Waals surface area contributed by atoms with Crippen LogP contribution in [0.4, 0.5) is 5.00 Å². The van der Waals surface area contributed by atoms with Crippen molar-refractivity contribution < 1.29 is 19.1 Å². The SMILES string of the molecule is CCOC(=O)c1c(NC(=O)CN2CCCC2c2cccc3ccccc23)sc(C(=O)NC)c1C. The quantitative estimate of drug-likeness (QED) is 0.487. The van der Waals surface area contributed by atoms with E-state index in [0.717, 1.165) is 30.7 Å². The van der Waals surface area contributed by atoms with Gasteiger partial charge in [-0.3, -0.25) is 14.5 Å². The molecule has 1 fully saturated rings. The highest BCUT2D eigenvalue weighted by Crippen LogP contribution is 2.37. The molecule has 0 aliphatic carbocycles. The van der Waals surface area contributed by atoms with Crippen LogP contribution in [0, 0.1) is 6.92 Å². The Kier molecular flexibility index (Phi) is 7.29. The number of nitrogens with zero attached hydrogens (tertiary/aromatic N) is 1. The molecule has 34 heavy (non-hydrogen) atoms. The molecule has 2 amide bonds. The Bertz CT molecular complexity index is 1230. The Labute approximate surface area is 203 Å². The van der Waals surface area contributed by atoms with Gasteiger partial charge in [-0.15, -0.1) is 11.3 Å². The van der Waals surface area contributed by atoms with Gasteiger partial charge in [0.05, 0.1) is 23.6 Å². The van der Waals surface area contributed by atoms with Gasteiger partial charge >= 0.3 is 5.97 Å². The summed E-state index contributed by atoms with van der Waals surface area (Å²) in [6.45, 7) is 4.64. The number of likely N-dealkylation sites (tertiary alicyclic amines) is 1. The normalized spacial score (nSPS) is 15.9. The van der Waals surface area contributed by atoms with E-state index in [9.17, 15) is 14.4 Å². The zero-order valence-electron chi connectivity index (χ0n) is 19.6. The van der Waals surface area contributed by atoms with Gasteiger partial charge in [-0.05, 0) is 55.1 Å². The molecule has 0 bridgehead atoms. The molecule has 2 heterocycles. The van der Waals surface area contributed by atoms with Crippen molar-refractivity contribution in [3.63, 3.8) is 0 Å². The van der Waals surface area contributed by atoms with Gasteiger partial charge in [-0.2, -0.15) is 0 Å². The van der Waals surface area contributed by atoms with Crippen molar-refractivity contribution in [3.05, 3.63) is 64.0 Å². The van der Waals surface area contributed by atoms with E-state index in [2.05, 4.69) is 45.9 Å². The van der Waals surface area contributed by atoms with E-state index in [-0.39, 0.29) is 36.6 Å². The van der Waals surface area contributed by atoms with Crippen LogP contribution in [0.15, 0.2) is 42.5 Å². The predicted molar refractivity (Wildman–Crippen MR) is 135 cm³/mol. The predicted octanol–water partition coefficient (Wildman–Crippen LogP) is 4.52. The Morgan fingerprint density at radius 2 is 1.91 bits per heavy atom. The summed E-state index contributed by atoms with van der Waals surface area (Å²) in [6.07, 6.45) is 1.99. The molecule has 0 spiro atoms. The summed E-state index contributed by atoms with van der Waals surface area (Å²) in [7, 11) is 1.53. The maximum atomic E-state index is 13.1. The smallest absolute Gasteiger partial charge is 0.341 e. The van der Waals surface area contributed by atoms with Gasteiger partial charge in [-0.1, -0.05) is 42.5 Å². The van der Waals surface area contributed by atoms with Crippen molar-refractivity contribution in [1.82, 2.24) is 10.2 Å². The Balaban J connectivity index is 1.56. The van der Waals surface area contributed by atoms with Crippen molar-refractivity contribution in [2.24, 2.45) is 0 Å². The van der Waals surface area contributed by atoms with Crippen molar-refractivity contribution in [3.8, 4) is 0 Å². The van der Waals surface area contributed by atoms with Gasteiger partial charge in [-0.25, -0.2) is 4.79 Å². The van der Waals surface area contributed by atoms with E-state index < -0.39 is 5.97 Å². The van der Waals surface area contributed by atoms with E-state index in [0.29, 0.717) is 15.4 Å². The second-order valence-electron chi connectivity index (χ2n) is 8.30. The van der Waals surface area contributed by atoms with Crippen molar-refractivity contribution >= 4 is 44.9 Å². The summed E-state index contributed by atoms with van der Waals surface area (Å²) in [4.78, 5) is 40.5. The first kappa shape index (κ1) is 23.9. The van der Waals surface area contributed by atoms with Gasteiger partial charge in [0.25, 0.3) is 5.91 Å². The lowest BCUT2D eigenvalue weighted by Crippen LogP contribution is -2.33. The number of thiophene rings is 1. The zero-order chi connectivity index (χ0) is 24.2. The number of rotatable bonds is 7. The third-order valence-corrected chi connectivity index (χ3v) is 7.41. The number of carbonyl (C=O) groups excluding carboxylic acids is 3. The van der Waals surface area contributed by atoms with Crippen LogP contribution in [-0.2, 0) is 9.53 Å². The molecular formula is C26H29N3O4S. The molecule has 0 radical (unpaired) electrons. The molecule has 1 saturated heterocycles. The minimum Gasteiger partial charge on any atom is -0.462 e. The summed E-state index contributed by atoms with van der Waals surface area (Å²) < 4.78 is 5.18. The fourth-order valence-electron chi connectivity index (χ4n) is 4.64. The zero-order valence-corrected chi connectivity index (χ0v) is 20.5. The maximum Gasteiger partial charge on any atom is 0.341 e. The van der Waals surface area contributed by atoms with Crippen LogP contribution in [0.5, 0.6) is 0 Å². The Morgan fingerprint density at radius 1 is 1.15 bits per heavy atom. The number of anilines is 1. The lowest BCUT2D eigenvalue weighted by Gasteiger charge is -2.25. The van der Waals surface area contributed by atoms with Crippen LogP contribution in [0.25, 0.3) is 10.8 Å². The number of carbonyl (C=O) groups is 3. The number of nitrogens with one attached hydrogen (secondary N) is 2. The highest BCUT2D eigenvalue weighted by Gasteiger charge is 2.30. The van der Waals surface area contributed by atoms with Crippen molar-refractivity contribution in [2.45, 2.75) is 32.7 Å². The molecule has 0 saturated carbocycles. The van der Waals surface area contributed by atoms with Crippen LogP contribution < -0.4 is 10.6 Å². The average molecular weight is 480 g/mol. The summed E-state index contributed by atoms with van der Waals surface area (Å²) in [5.41, 5.74) is 1.98. The summed E-state index contributed by atoms with van der Waals surface area (Å²) in [5, 5.41) is 8.20. The lowest BCUT2D eigenvalue weighted by atomic mass is 9.97. The van der Waals surface area contributed by atoms with Crippen LogP contribution >= 0.6 is 11.3 Å². The summed E-state index contributed by atoms with van der Waals surface area (Å²) in [5.74, 6) is -1.07. The van der Waals surface area contributed by atoms with Gasteiger partial charge < -0.3 is 15.4 Å². The number of amides is 2. The first-order chi connectivity index (χ1) is 16.4. The van der Waals surface area contributed by atoms with Crippen molar-refractivity contribution in [1.29, 1.82) is 0 Å². The number of fused-ring (bicyclic) bond motifs is 1. The van der Waals surface area contributed by atoms with Crippen LogP contribution in [-0.4, -0.2) is 49.4 Å². The fraction of sp³-hybridized carbons (Fsp3) is 0.346. The molecule has 178 valence electrons. The third-order valence-electron chi connectivity index (χ3n) is 6.21. The Morgan fingerprint density at radius 3 is 2.68 bits per heavy atom. The number of ether oxygens (including phenoxy) is 1. The standard InChI is InChI=1S/C26H29N3O4S/c1-4-33-26(32)22-16(2)23(24(31)27-3)34-25(22)28-21(30)15-29-14-8-13-20(29)19-12-7-10-17-9-5-6-11-18(17)19/h5-7,9-12,20H,4,8,13-15H2,1-3H3,(H,27,31)(H,28,30). The lowest BCUT2D eigenvalue weighted by molar-refractivity contribution is -0.117. The molecule has 1 unspecified atom stereocenters. The molecule has 3 aromatic rings. The second kappa shape index (κ2) is 10.4. The van der Waals surface area contributed by atoms with Gasteiger partial charge in [0.1, 0.15) is 5.00 Å². The molecule has 7 nitrogen and oxygen atoms in total. The summed E-state index contributed by atoms with van der Waals surface area (Å²) >= 11 is 1.09. The van der Waals surface area contributed by atoms with Crippen LogP contribution in [0.3, 0.4) is 0 Å². The van der Waals surface area contributed by atoms with E-state index >= 15 is 0 Å². The van der Waals surface area contributed by atoms with E-state index in [1.54, 1.807) is 13.8 Å². The summed E-state index contributed by atoms with van der Waals surface area (Å²) in [6, 6.07) is 14.8. The highest BCUT2D eigenvalue weighted by molar-refractivity contribution is 7.18. The molecule has 4 rings (SSSR count). The van der Waals surface area contributed by atoms with Gasteiger partial charge in [0.2, 0.25) is 5.91 Å². The number of esters is 1. The monoisotopic (exact) mass is 479 g/mol. The first-order valence-electron chi connectivity index (χ1n) is 11.5. The third kappa shape index (κ3) is 4.69. The number of benzene rings is 2. The Hall–Kier alpha value is -3.23. The molecule has 2 aromatic carbocycles. The van der Waals surface area contributed by atoms with Gasteiger partial charge in [0, 0.05) is 13.1 Å². The van der Waals surface area contributed by atoms with Crippen LogP contribution in [0.1, 0.15) is 57.0 Å².